The van der Waals surface area contributed by atoms with Crippen LogP contribution in [-0.2, 0) is 28.0 Å². The maximum atomic E-state index is 11.7. The molecule has 4 heteroatoms. The predicted octanol–water partition coefficient (Wildman–Crippen LogP) is 2.90. The molecule has 21 heavy (non-hydrogen) atoms. The van der Waals surface area contributed by atoms with Gasteiger partial charge in [-0.15, -0.1) is 0 Å². The Labute approximate surface area is 125 Å². The lowest BCUT2D eigenvalue weighted by Crippen LogP contribution is -2.28. The number of imide groups is 1. The lowest BCUT2D eigenvalue weighted by Gasteiger charge is -2.26. The third-order valence-corrected chi connectivity index (χ3v) is 3.96. The molecule has 1 aromatic rings. The third-order valence-electron chi connectivity index (χ3n) is 3.96. The van der Waals surface area contributed by atoms with Crippen LogP contribution in [0.3, 0.4) is 0 Å². The van der Waals surface area contributed by atoms with Crippen LogP contribution >= 0.6 is 0 Å². The Kier molecular flexibility index (Phi) is 4.08. The normalized spacial score (nSPS) is 15.9. The zero-order valence-corrected chi connectivity index (χ0v) is 13.2. The van der Waals surface area contributed by atoms with Crippen molar-refractivity contribution < 1.29 is 14.7 Å². The van der Waals surface area contributed by atoms with Crippen LogP contribution in [0.2, 0.25) is 0 Å². The smallest absolute Gasteiger partial charge is 0.230 e. The van der Waals surface area contributed by atoms with E-state index in [1.54, 1.807) is 0 Å². The fourth-order valence-electron chi connectivity index (χ4n) is 2.90. The summed E-state index contributed by atoms with van der Waals surface area (Å²) in [6.45, 7) is 8.37. The minimum Gasteiger partial charge on any atom is -0.507 e. The standard InChI is InChI=1S/C17H23NO3/c1-5-11-6-7-12(16(21)15(11)17(2,3)4)10-18-13(19)8-9-14(18)20/h6-7,21H,5,8-10H2,1-4H3. The van der Waals surface area contributed by atoms with Gasteiger partial charge in [0.05, 0.1) is 6.54 Å². The number of phenolic OH excluding ortho intramolecular Hbond substituents is 1. The van der Waals surface area contributed by atoms with Gasteiger partial charge in [-0.25, -0.2) is 0 Å². The van der Waals surface area contributed by atoms with E-state index in [1.807, 2.05) is 12.1 Å². The number of likely N-dealkylation sites (tertiary alicyclic amines) is 1. The molecule has 0 saturated carbocycles. The zero-order chi connectivity index (χ0) is 15.8. The van der Waals surface area contributed by atoms with Crippen molar-refractivity contribution >= 4 is 11.8 Å². The summed E-state index contributed by atoms with van der Waals surface area (Å²) in [4.78, 5) is 24.7. The van der Waals surface area contributed by atoms with E-state index in [9.17, 15) is 14.7 Å². The quantitative estimate of drug-likeness (QED) is 0.870. The van der Waals surface area contributed by atoms with Crippen LogP contribution in [0.25, 0.3) is 0 Å². The third kappa shape index (κ3) is 2.94. The molecule has 0 aliphatic carbocycles. The molecule has 0 spiro atoms. The number of aromatic hydroxyl groups is 1. The molecule has 2 amide bonds. The molecule has 0 atom stereocenters. The van der Waals surface area contributed by atoms with Gasteiger partial charge < -0.3 is 5.11 Å². The minimum atomic E-state index is -0.190. The first-order valence-corrected chi connectivity index (χ1v) is 7.43. The number of aryl methyl sites for hydroxylation is 1. The first-order chi connectivity index (χ1) is 9.75. The van der Waals surface area contributed by atoms with E-state index in [2.05, 4.69) is 27.7 Å². The Bertz CT molecular complexity index is 568. The fourth-order valence-corrected chi connectivity index (χ4v) is 2.90. The molecule has 4 nitrogen and oxygen atoms in total. The molecular formula is C17H23NO3. The van der Waals surface area contributed by atoms with Crippen LogP contribution in [0.5, 0.6) is 5.75 Å². The maximum Gasteiger partial charge on any atom is 0.230 e. The lowest BCUT2D eigenvalue weighted by molar-refractivity contribution is -0.139. The van der Waals surface area contributed by atoms with Crippen LogP contribution < -0.4 is 0 Å². The van der Waals surface area contributed by atoms with Gasteiger partial charge in [-0.1, -0.05) is 39.8 Å². The largest absolute Gasteiger partial charge is 0.507 e. The van der Waals surface area contributed by atoms with Gasteiger partial charge in [-0.3, -0.25) is 14.5 Å². The van der Waals surface area contributed by atoms with Gasteiger partial charge in [-0.2, -0.15) is 0 Å². The van der Waals surface area contributed by atoms with Crippen molar-refractivity contribution in [2.75, 3.05) is 0 Å². The number of carbonyl (C=O) groups is 2. The molecule has 2 rings (SSSR count). The van der Waals surface area contributed by atoms with E-state index < -0.39 is 0 Å². The Morgan fingerprint density at radius 3 is 2.10 bits per heavy atom. The molecule has 1 saturated heterocycles. The number of nitrogens with zero attached hydrogens (tertiary/aromatic N) is 1. The highest BCUT2D eigenvalue weighted by Crippen LogP contribution is 2.37. The first kappa shape index (κ1) is 15.5. The molecule has 1 aromatic carbocycles. The summed E-state index contributed by atoms with van der Waals surface area (Å²) in [5.74, 6) is -0.0955. The molecule has 1 heterocycles. The van der Waals surface area contributed by atoms with Gasteiger partial charge in [-0.05, 0) is 17.4 Å². The lowest BCUT2D eigenvalue weighted by atomic mass is 9.81. The molecule has 1 aliphatic rings. The van der Waals surface area contributed by atoms with Crippen molar-refractivity contribution in [3.8, 4) is 5.75 Å². The van der Waals surface area contributed by atoms with Gasteiger partial charge >= 0.3 is 0 Å². The van der Waals surface area contributed by atoms with Crippen molar-refractivity contribution in [3.05, 3.63) is 28.8 Å². The molecule has 0 aromatic heterocycles. The van der Waals surface area contributed by atoms with E-state index in [0.717, 1.165) is 17.5 Å². The molecule has 114 valence electrons. The molecule has 0 radical (unpaired) electrons. The van der Waals surface area contributed by atoms with Crippen LogP contribution in [0.4, 0.5) is 0 Å². The van der Waals surface area contributed by atoms with Crippen LogP contribution in [0.15, 0.2) is 12.1 Å². The SMILES string of the molecule is CCc1ccc(CN2C(=O)CCC2=O)c(O)c1C(C)(C)C. The highest BCUT2D eigenvalue weighted by Gasteiger charge is 2.31. The predicted molar refractivity (Wildman–Crippen MR) is 81.0 cm³/mol. The number of rotatable bonds is 3. The zero-order valence-electron chi connectivity index (χ0n) is 13.2. The van der Waals surface area contributed by atoms with E-state index in [-0.39, 0.29) is 42.4 Å². The first-order valence-electron chi connectivity index (χ1n) is 7.43. The van der Waals surface area contributed by atoms with Crippen molar-refractivity contribution in [1.82, 2.24) is 4.90 Å². The van der Waals surface area contributed by atoms with Crippen molar-refractivity contribution in [2.24, 2.45) is 0 Å². The second kappa shape index (κ2) is 5.51. The molecule has 0 bridgehead atoms. The van der Waals surface area contributed by atoms with Gasteiger partial charge in [0, 0.05) is 24.0 Å². The number of amides is 2. The summed E-state index contributed by atoms with van der Waals surface area (Å²) < 4.78 is 0. The van der Waals surface area contributed by atoms with Gasteiger partial charge in [0.1, 0.15) is 5.75 Å². The molecule has 1 N–H and O–H groups in total. The molecular weight excluding hydrogens is 266 g/mol. The van der Waals surface area contributed by atoms with Crippen LogP contribution in [-0.4, -0.2) is 21.8 Å². The summed E-state index contributed by atoms with van der Waals surface area (Å²) in [6, 6.07) is 3.81. The number of carbonyl (C=O) groups excluding carboxylic acids is 2. The van der Waals surface area contributed by atoms with E-state index in [4.69, 9.17) is 0 Å². The van der Waals surface area contributed by atoms with Gasteiger partial charge in [0.25, 0.3) is 0 Å². The summed E-state index contributed by atoms with van der Waals surface area (Å²) in [5, 5.41) is 10.6. The van der Waals surface area contributed by atoms with E-state index in [1.165, 1.54) is 4.90 Å². The summed E-state index contributed by atoms with van der Waals surface area (Å²) in [5.41, 5.74) is 2.45. The maximum absolute atomic E-state index is 11.7. The van der Waals surface area contributed by atoms with Crippen molar-refractivity contribution in [1.29, 1.82) is 0 Å². The highest BCUT2D eigenvalue weighted by atomic mass is 16.3. The van der Waals surface area contributed by atoms with E-state index in [0.29, 0.717) is 5.56 Å². The monoisotopic (exact) mass is 289 g/mol. The Balaban J connectivity index is 2.42. The molecule has 1 fully saturated rings. The second-order valence-electron chi connectivity index (χ2n) is 6.58. The van der Waals surface area contributed by atoms with Gasteiger partial charge in [0.15, 0.2) is 0 Å². The van der Waals surface area contributed by atoms with Crippen LogP contribution in [0.1, 0.15) is 57.2 Å². The number of benzene rings is 1. The average molecular weight is 289 g/mol. The summed E-state index contributed by atoms with van der Waals surface area (Å²) in [7, 11) is 0. The topological polar surface area (TPSA) is 57.6 Å². The summed E-state index contributed by atoms with van der Waals surface area (Å²) in [6.07, 6.45) is 1.39. The van der Waals surface area contributed by atoms with Crippen molar-refractivity contribution in [2.45, 2.75) is 58.9 Å². The molecule has 0 unspecified atom stereocenters. The number of hydrogen-bond donors (Lipinski definition) is 1. The number of hydrogen-bond acceptors (Lipinski definition) is 3. The van der Waals surface area contributed by atoms with Crippen molar-refractivity contribution in [3.63, 3.8) is 0 Å². The average Bonchev–Trinajstić information content (AvgIpc) is 2.70. The Hall–Kier alpha value is -1.84. The number of phenols is 1. The molecule has 1 aliphatic heterocycles. The summed E-state index contributed by atoms with van der Waals surface area (Å²) >= 11 is 0. The van der Waals surface area contributed by atoms with Crippen LogP contribution in [0, 0.1) is 0 Å². The minimum absolute atomic E-state index is 0.156. The Morgan fingerprint density at radius 2 is 1.62 bits per heavy atom. The van der Waals surface area contributed by atoms with E-state index >= 15 is 0 Å². The Morgan fingerprint density at radius 1 is 1.10 bits per heavy atom. The fraction of sp³-hybridized carbons (Fsp3) is 0.529. The highest BCUT2D eigenvalue weighted by molar-refractivity contribution is 6.01. The second-order valence-corrected chi connectivity index (χ2v) is 6.58. The van der Waals surface area contributed by atoms with Gasteiger partial charge in [0.2, 0.25) is 11.8 Å².